The molecule has 0 saturated carbocycles. The fraction of sp³-hybridized carbons (Fsp3) is 0.917. The Morgan fingerprint density at radius 1 is 1.22 bits per heavy atom. The molecule has 1 N–H and O–H groups in total. The molecule has 2 saturated heterocycles. The third-order valence-electron chi connectivity index (χ3n) is 3.56. The Morgan fingerprint density at radius 2 is 1.94 bits per heavy atom. The van der Waals surface area contributed by atoms with E-state index in [4.69, 9.17) is 14.6 Å². The third kappa shape index (κ3) is 3.65. The minimum absolute atomic E-state index is 0.186. The topological polar surface area (TPSA) is 62.2 Å². The summed E-state index contributed by atoms with van der Waals surface area (Å²) < 4.78 is 10.9. The molecule has 2 unspecified atom stereocenters. The highest BCUT2D eigenvalue weighted by molar-refractivity contribution is 5.72. The summed E-state index contributed by atoms with van der Waals surface area (Å²) in [4.78, 5) is 15.4. The Bertz CT molecular complexity index is 287. The molecule has 18 heavy (non-hydrogen) atoms. The zero-order valence-corrected chi connectivity index (χ0v) is 10.9. The van der Waals surface area contributed by atoms with Gasteiger partial charge in [-0.15, -0.1) is 0 Å². The summed E-state index contributed by atoms with van der Waals surface area (Å²) >= 11 is 0. The van der Waals surface area contributed by atoms with Crippen LogP contribution < -0.4 is 0 Å². The predicted octanol–water partition coefficient (Wildman–Crippen LogP) is -0.507. The number of rotatable bonds is 4. The van der Waals surface area contributed by atoms with Crippen molar-refractivity contribution < 1.29 is 19.4 Å². The maximum absolute atomic E-state index is 10.9. The fourth-order valence-corrected chi connectivity index (χ4v) is 2.48. The van der Waals surface area contributed by atoms with Crippen LogP contribution in [-0.2, 0) is 14.3 Å². The first-order chi connectivity index (χ1) is 8.69. The monoisotopic (exact) mass is 258 g/mol. The first kappa shape index (κ1) is 13.7. The molecule has 2 fully saturated rings. The van der Waals surface area contributed by atoms with Gasteiger partial charge >= 0.3 is 5.97 Å². The molecule has 6 heteroatoms. The van der Waals surface area contributed by atoms with E-state index in [2.05, 4.69) is 16.7 Å². The average Bonchev–Trinajstić information content (AvgIpc) is 2.39. The van der Waals surface area contributed by atoms with Crippen LogP contribution in [0.4, 0.5) is 0 Å². The van der Waals surface area contributed by atoms with Crippen molar-refractivity contribution in [2.45, 2.75) is 19.1 Å². The van der Waals surface area contributed by atoms with Crippen molar-refractivity contribution in [2.75, 3.05) is 52.5 Å². The molecule has 0 radical (unpaired) electrons. The van der Waals surface area contributed by atoms with E-state index in [0.29, 0.717) is 13.2 Å². The fourth-order valence-electron chi connectivity index (χ4n) is 2.48. The van der Waals surface area contributed by atoms with Crippen molar-refractivity contribution in [2.24, 2.45) is 0 Å². The lowest BCUT2D eigenvalue weighted by atomic mass is 10.2. The van der Waals surface area contributed by atoms with Gasteiger partial charge in [-0.3, -0.25) is 9.80 Å². The number of ether oxygens (including phenoxy) is 2. The predicted molar refractivity (Wildman–Crippen MR) is 65.7 cm³/mol. The van der Waals surface area contributed by atoms with Gasteiger partial charge in [-0.1, -0.05) is 6.92 Å². The van der Waals surface area contributed by atoms with Gasteiger partial charge in [-0.05, 0) is 6.54 Å². The Kier molecular flexibility index (Phi) is 4.94. The molecule has 0 bridgehead atoms. The molecule has 2 aliphatic rings. The van der Waals surface area contributed by atoms with Crippen LogP contribution in [0, 0.1) is 0 Å². The highest BCUT2D eigenvalue weighted by atomic mass is 16.5. The van der Waals surface area contributed by atoms with E-state index in [1.807, 2.05) is 0 Å². The number of morpholine rings is 2. The van der Waals surface area contributed by atoms with E-state index >= 15 is 0 Å². The Balaban J connectivity index is 1.79. The van der Waals surface area contributed by atoms with Gasteiger partial charge in [0.15, 0.2) is 6.10 Å². The van der Waals surface area contributed by atoms with Crippen molar-refractivity contribution in [3.63, 3.8) is 0 Å². The second-order valence-corrected chi connectivity index (χ2v) is 4.84. The first-order valence-corrected chi connectivity index (χ1v) is 6.59. The van der Waals surface area contributed by atoms with Crippen molar-refractivity contribution in [3.8, 4) is 0 Å². The summed E-state index contributed by atoms with van der Waals surface area (Å²) in [6.07, 6.45) is -0.504. The Morgan fingerprint density at radius 3 is 2.67 bits per heavy atom. The van der Waals surface area contributed by atoms with Gasteiger partial charge in [0.2, 0.25) is 0 Å². The number of hydrogen-bond acceptors (Lipinski definition) is 5. The van der Waals surface area contributed by atoms with Crippen molar-refractivity contribution in [3.05, 3.63) is 0 Å². The van der Waals surface area contributed by atoms with Gasteiger partial charge in [0, 0.05) is 32.7 Å². The summed E-state index contributed by atoms with van der Waals surface area (Å²) in [5.74, 6) is -0.876. The van der Waals surface area contributed by atoms with Gasteiger partial charge in [0.25, 0.3) is 0 Å². The number of aliphatic carboxylic acids is 1. The zero-order chi connectivity index (χ0) is 13.0. The average molecular weight is 258 g/mol. The molecular formula is C12H22N2O4. The molecule has 104 valence electrons. The van der Waals surface area contributed by atoms with E-state index in [1.54, 1.807) is 0 Å². The summed E-state index contributed by atoms with van der Waals surface area (Å²) in [6.45, 7) is 8.42. The number of carbonyl (C=O) groups is 1. The smallest absolute Gasteiger partial charge is 0.334 e. The molecule has 2 rings (SSSR count). The van der Waals surface area contributed by atoms with E-state index < -0.39 is 12.1 Å². The van der Waals surface area contributed by atoms with Crippen LogP contribution >= 0.6 is 0 Å². The first-order valence-electron chi connectivity index (χ1n) is 6.59. The van der Waals surface area contributed by atoms with E-state index in [-0.39, 0.29) is 6.10 Å². The number of nitrogens with zero attached hydrogens (tertiary/aromatic N) is 2. The second kappa shape index (κ2) is 6.47. The lowest BCUT2D eigenvalue weighted by molar-refractivity contribution is -0.157. The standard InChI is InChI=1S/C12H22N2O4/c1-2-13-3-5-17-10(7-13)8-14-4-6-18-11(9-14)12(15)16/h10-11H,2-9H2,1H3,(H,15,16). The quantitative estimate of drug-likeness (QED) is 0.733. The lowest BCUT2D eigenvalue weighted by Crippen LogP contribution is -2.52. The van der Waals surface area contributed by atoms with E-state index in [0.717, 1.165) is 39.3 Å². The van der Waals surface area contributed by atoms with Crippen molar-refractivity contribution in [1.82, 2.24) is 9.80 Å². The maximum atomic E-state index is 10.9. The molecule has 2 atom stereocenters. The minimum atomic E-state index is -0.876. The minimum Gasteiger partial charge on any atom is -0.479 e. The molecule has 0 aromatic carbocycles. The second-order valence-electron chi connectivity index (χ2n) is 4.84. The van der Waals surface area contributed by atoms with Crippen molar-refractivity contribution in [1.29, 1.82) is 0 Å². The number of carboxylic acids is 1. The lowest BCUT2D eigenvalue weighted by Gasteiger charge is -2.37. The Labute approximate surface area is 107 Å². The highest BCUT2D eigenvalue weighted by Crippen LogP contribution is 2.10. The van der Waals surface area contributed by atoms with Crippen LogP contribution in [-0.4, -0.2) is 85.6 Å². The van der Waals surface area contributed by atoms with Crippen LogP contribution in [0.1, 0.15) is 6.92 Å². The van der Waals surface area contributed by atoms with E-state index in [1.165, 1.54) is 0 Å². The maximum Gasteiger partial charge on any atom is 0.334 e. The number of carboxylic acid groups (broad SMARTS) is 1. The van der Waals surface area contributed by atoms with Gasteiger partial charge in [0.05, 0.1) is 19.3 Å². The zero-order valence-electron chi connectivity index (χ0n) is 10.9. The molecule has 2 aliphatic heterocycles. The molecule has 2 heterocycles. The largest absolute Gasteiger partial charge is 0.479 e. The summed E-state index contributed by atoms with van der Waals surface area (Å²) in [5.41, 5.74) is 0. The number of hydrogen-bond donors (Lipinski definition) is 1. The molecular weight excluding hydrogens is 236 g/mol. The van der Waals surface area contributed by atoms with Gasteiger partial charge in [0.1, 0.15) is 0 Å². The molecule has 0 amide bonds. The van der Waals surface area contributed by atoms with Crippen LogP contribution in [0.2, 0.25) is 0 Å². The molecule has 6 nitrogen and oxygen atoms in total. The van der Waals surface area contributed by atoms with Gasteiger partial charge < -0.3 is 14.6 Å². The summed E-state index contributed by atoms with van der Waals surface area (Å²) in [5, 5.41) is 8.95. The van der Waals surface area contributed by atoms with Crippen LogP contribution in [0.3, 0.4) is 0 Å². The molecule has 0 aliphatic carbocycles. The van der Waals surface area contributed by atoms with Crippen molar-refractivity contribution >= 4 is 5.97 Å². The van der Waals surface area contributed by atoms with E-state index in [9.17, 15) is 4.79 Å². The highest BCUT2D eigenvalue weighted by Gasteiger charge is 2.29. The van der Waals surface area contributed by atoms with Gasteiger partial charge in [-0.25, -0.2) is 4.79 Å². The SMILES string of the molecule is CCN1CCOC(CN2CCOC(C(=O)O)C2)C1. The van der Waals surface area contributed by atoms with Crippen LogP contribution in [0.5, 0.6) is 0 Å². The Hall–Kier alpha value is -0.690. The van der Waals surface area contributed by atoms with Crippen LogP contribution in [0.25, 0.3) is 0 Å². The number of likely N-dealkylation sites (N-methyl/N-ethyl adjacent to an activating group) is 1. The summed E-state index contributed by atoms with van der Waals surface area (Å²) in [6, 6.07) is 0. The molecule has 0 spiro atoms. The normalized spacial score (nSPS) is 31.4. The summed E-state index contributed by atoms with van der Waals surface area (Å²) in [7, 11) is 0. The third-order valence-corrected chi connectivity index (χ3v) is 3.56. The van der Waals surface area contributed by atoms with Crippen LogP contribution in [0.15, 0.2) is 0 Å². The molecule has 0 aromatic heterocycles. The molecule has 0 aromatic rings. The van der Waals surface area contributed by atoms with Gasteiger partial charge in [-0.2, -0.15) is 0 Å².